The van der Waals surface area contributed by atoms with Gasteiger partial charge >= 0.3 is 39.5 Å². The SMILES string of the molecule is CCCCCCCCCCCCCCCCCCCCCCCC(=O)O[C@H](COC(=O)CCCCCCCCCCCCCCCCCC(C)C)COP(=O)(O)OC[C@@H](O)COP(=O)(O)OC[C@@H](COC(=O)CCCCCCCCC(C)C)OC(=O)CCCCCCCCCCCCCCCC. The molecular formula is C83H162O17P2. The van der Waals surface area contributed by atoms with Crippen LogP contribution >= 0.6 is 15.6 Å². The van der Waals surface area contributed by atoms with Crippen molar-refractivity contribution in [3.8, 4) is 0 Å². The van der Waals surface area contributed by atoms with Crippen LogP contribution in [0.2, 0.25) is 0 Å². The standard InChI is InChI=1S/C83H162O17P2/c1-7-9-11-13-15-17-19-21-23-24-25-26-27-28-31-36-40-44-48-56-62-68-82(87)99-78(71-93-80(85)65-59-53-46-42-38-35-32-29-30-33-37-41-45-51-57-63-75(3)4)73-97-101(89,90)95-69-77(84)70-96-102(91,92)98-74-79(72-94-81(86)66-60-54-50-49-52-58-64-76(5)6)100-83(88)67-61-55-47-43-39-34-22-20-18-16-14-12-10-8-2/h75-79,84H,7-74H2,1-6H3,(H,89,90)(H,91,92)/t77-,78-,79-/m1/s1. The molecule has 0 aromatic carbocycles. The fraction of sp³-hybridized carbons (Fsp3) is 0.952. The average Bonchev–Trinajstić information content (AvgIpc) is 0.944. The molecule has 19 heteroatoms. The molecule has 0 saturated carbocycles. The number of unbranched alkanes of at least 4 members (excludes halogenated alkanes) is 52. The number of phosphoric acid groups is 2. The second-order valence-electron chi connectivity index (χ2n) is 30.8. The van der Waals surface area contributed by atoms with Gasteiger partial charge in [0.25, 0.3) is 0 Å². The molecule has 0 aliphatic carbocycles. The van der Waals surface area contributed by atoms with Crippen LogP contribution < -0.4 is 0 Å². The van der Waals surface area contributed by atoms with Crippen LogP contribution in [0.15, 0.2) is 0 Å². The van der Waals surface area contributed by atoms with Crippen molar-refractivity contribution in [2.75, 3.05) is 39.6 Å². The van der Waals surface area contributed by atoms with Crippen molar-refractivity contribution >= 4 is 39.5 Å². The number of aliphatic hydroxyl groups excluding tert-OH is 1. The maximum atomic E-state index is 13.1. The Kier molecular flexibility index (Phi) is 73.1. The molecule has 0 radical (unpaired) electrons. The van der Waals surface area contributed by atoms with Crippen molar-refractivity contribution in [1.29, 1.82) is 0 Å². The lowest BCUT2D eigenvalue weighted by Gasteiger charge is -2.21. The summed E-state index contributed by atoms with van der Waals surface area (Å²) in [6.07, 6.45) is 65.5. The summed E-state index contributed by atoms with van der Waals surface area (Å²) in [6.45, 7) is 9.59. The first-order valence-corrected chi connectivity index (χ1v) is 46.0. The van der Waals surface area contributed by atoms with Gasteiger partial charge in [-0.15, -0.1) is 0 Å². The van der Waals surface area contributed by atoms with Crippen LogP contribution in [0.25, 0.3) is 0 Å². The summed E-state index contributed by atoms with van der Waals surface area (Å²) in [4.78, 5) is 73.0. The highest BCUT2D eigenvalue weighted by molar-refractivity contribution is 7.47. The average molecular weight is 1490 g/mol. The van der Waals surface area contributed by atoms with Gasteiger partial charge in [-0.2, -0.15) is 0 Å². The maximum absolute atomic E-state index is 13.1. The Morgan fingerprint density at radius 1 is 0.265 bits per heavy atom. The van der Waals surface area contributed by atoms with Crippen molar-refractivity contribution in [1.82, 2.24) is 0 Å². The molecule has 0 spiro atoms. The van der Waals surface area contributed by atoms with Crippen molar-refractivity contribution in [2.45, 2.75) is 458 Å². The number of rotatable bonds is 82. The van der Waals surface area contributed by atoms with Crippen LogP contribution in [-0.4, -0.2) is 96.7 Å². The first kappa shape index (κ1) is 100. The fourth-order valence-corrected chi connectivity index (χ4v) is 14.5. The van der Waals surface area contributed by atoms with E-state index >= 15 is 0 Å². The van der Waals surface area contributed by atoms with Gasteiger partial charge in [0.05, 0.1) is 26.4 Å². The Labute approximate surface area is 626 Å². The Hall–Kier alpha value is -1.94. The van der Waals surface area contributed by atoms with E-state index in [0.717, 1.165) is 102 Å². The third-order valence-corrected chi connectivity index (χ3v) is 21.4. The molecule has 0 aliphatic rings. The predicted octanol–water partition coefficient (Wildman–Crippen LogP) is 25.1. The van der Waals surface area contributed by atoms with Crippen molar-refractivity contribution in [3.05, 3.63) is 0 Å². The fourth-order valence-electron chi connectivity index (χ4n) is 12.9. The Balaban J connectivity index is 5.21. The number of hydrogen-bond acceptors (Lipinski definition) is 15. The van der Waals surface area contributed by atoms with Gasteiger partial charge in [-0.05, 0) is 37.5 Å². The first-order valence-electron chi connectivity index (χ1n) is 43.0. The van der Waals surface area contributed by atoms with E-state index in [4.69, 9.17) is 37.0 Å². The summed E-state index contributed by atoms with van der Waals surface area (Å²) in [7, 11) is -9.92. The predicted molar refractivity (Wildman–Crippen MR) is 418 cm³/mol. The van der Waals surface area contributed by atoms with Gasteiger partial charge in [0.1, 0.15) is 19.3 Å². The van der Waals surface area contributed by atoms with E-state index < -0.39 is 97.5 Å². The summed E-state index contributed by atoms with van der Waals surface area (Å²) in [6, 6.07) is 0. The number of aliphatic hydroxyl groups is 1. The van der Waals surface area contributed by atoms with E-state index in [1.54, 1.807) is 0 Å². The topological polar surface area (TPSA) is 237 Å². The van der Waals surface area contributed by atoms with E-state index in [1.165, 1.54) is 250 Å². The second-order valence-corrected chi connectivity index (χ2v) is 33.7. The van der Waals surface area contributed by atoms with Crippen LogP contribution in [0.5, 0.6) is 0 Å². The number of carbonyl (C=O) groups is 4. The molecule has 0 saturated heterocycles. The van der Waals surface area contributed by atoms with Crippen LogP contribution in [-0.2, 0) is 65.4 Å². The van der Waals surface area contributed by atoms with Gasteiger partial charge in [-0.3, -0.25) is 37.3 Å². The van der Waals surface area contributed by atoms with Crippen LogP contribution in [0.1, 0.15) is 440 Å². The lowest BCUT2D eigenvalue weighted by Crippen LogP contribution is -2.30. The molecule has 2 unspecified atom stereocenters. The Morgan fingerprint density at radius 2 is 0.451 bits per heavy atom. The molecule has 17 nitrogen and oxygen atoms in total. The van der Waals surface area contributed by atoms with Gasteiger partial charge in [-0.1, -0.05) is 388 Å². The molecule has 0 aliphatic heterocycles. The van der Waals surface area contributed by atoms with Crippen LogP contribution in [0.3, 0.4) is 0 Å². The van der Waals surface area contributed by atoms with E-state index in [-0.39, 0.29) is 25.7 Å². The summed E-state index contributed by atoms with van der Waals surface area (Å²) in [5.74, 6) is -0.622. The Bertz CT molecular complexity index is 1960. The lowest BCUT2D eigenvalue weighted by atomic mass is 10.0. The third kappa shape index (κ3) is 76.3. The van der Waals surface area contributed by atoms with E-state index in [0.29, 0.717) is 31.6 Å². The summed E-state index contributed by atoms with van der Waals surface area (Å²) < 4.78 is 68.7. The summed E-state index contributed by atoms with van der Waals surface area (Å²) in [5, 5.41) is 10.6. The molecule has 0 bridgehead atoms. The number of hydrogen-bond donors (Lipinski definition) is 3. The van der Waals surface area contributed by atoms with E-state index in [2.05, 4.69) is 41.5 Å². The number of phosphoric ester groups is 2. The minimum atomic E-state index is -4.96. The molecule has 0 aromatic rings. The summed E-state index contributed by atoms with van der Waals surface area (Å²) in [5.41, 5.74) is 0. The van der Waals surface area contributed by atoms with Gasteiger partial charge in [0.15, 0.2) is 12.2 Å². The minimum Gasteiger partial charge on any atom is -0.462 e. The Morgan fingerprint density at radius 3 is 0.667 bits per heavy atom. The van der Waals surface area contributed by atoms with Gasteiger partial charge < -0.3 is 33.8 Å². The van der Waals surface area contributed by atoms with E-state index in [1.807, 2.05) is 0 Å². The smallest absolute Gasteiger partial charge is 0.462 e. The zero-order valence-corrected chi connectivity index (χ0v) is 68.7. The molecule has 606 valence electrons. The molecule has 0 heterocycles. The molecule has 0 rings (SSSR count). The molecule has 5 atom stereocenters. The zero-order valence-electron chi connectivity index (χ0n) is 66.9. The lowest BCUT2D eigenvalue weighted by molar-refractivity contribution is -0.161. The van der Waals surface area contributed by atoms with Gasteiger partial charge in [-0.25, -0.2) is 9.13 Å². The van der Waals surface area contributed by atoms with Gasteiger partial charge in [0, 0.05) is 25.7 Å². The molecular weight excluding hydrogens is 1330 g/mol. The van der Waals surface area contributed by atoms with Crippen molar-refractivity contribution in [3.63, 3.8) is 0 Å². The maximum Gasteiger partial charge on any atom is 0.472 e. The first-order chi connectivity index (χ1) is 49.4. The quantitative estimate of drug-likeness (QED) is 0.0222. The zero-order chi connectivity index (χ0) is 74.9. The highest BCUT2D eigenvalue weighted by Crippen LogP contribution is 2.45. The summed E-state index contributed by atoms with van der Waals surface area (Å²) >= 11 is 0. The molecule has 3 N–H and O–H groups in total. The molecule has 0 aromatic heterocycles. The number of carbonyl (C=O) groups excluding carboxylic acids is 4. The van der Waals surface area contributed by atoms with Crippen LogP contribution in [0, 0.1) is 11.8 Å². The molecule has 0 amide bonds. The van der Waals surface area contributed by atoms with Crippen molar-refractivity contribution in [2.24, 2.45) is 11.8 Å². The number of esters is 4. The van der Waals surface area contributed by atoms with Crippen molar-refractivity contribution < 1.29 is 80.2 Å². The second kappa shape index (κ2) is 74.5. The number of ether oxygens (including phenoxy) is 4. The van der Waals surface area contributed by atoms with Crippen LogP contribution in [0.4, 0.5) is 0 Å². The third-order valence-electron chi connectivity index (χ3n) is 19.5. The largest absolute Gasteiger partial charge is 0.472 e. The molecule has 102 heavy (non-hydrogen) atoms. The molecule has 0 fully saturated rings. The highest BCUT2D eigenvalue weighted by Gasteiger charge is 2.30. The normalized spacial score (nSPS) is 13.9. The highest BCUT2D eigenvalue weighted by atomic mass is 31.2. The van der Waals surface area contributed by atoms with E-state index in [9.17, 15) is 43.2 Å². The van der Waals surface area contributed by atoms with Gasteiger partial charge in [0.2, 0.25) is 0 Å². The monoisotopic (exact) mass is 1490 g/mol. The minimum absolute atomic E-state index is 0.107.